The molecule has 0 aliphatic heterocycles. The summed E-state index contributed by atoms with van der Waals surface area (Å²) in [6, 6.07) is 0. The molecular formula is C63H106O6. The van der Waals surface area contributed by atoms with E-state index in [0.29, 0.717) is 19.3 Å². The van der Waals surface area contributed by atoms with Gasteiger partial charge in [0.05, 0.1) is 0 Å². The van der Waals surface area contributed by atoms with E-state index in [2.05, 4.69) is 118 Å². The first kappa shape index (κ1) is 65.3. The molecule has 6 nitrogen and oxygen atoms in total. The van der Waals surface area contributed by atoms with Gasteiger partial charge in [-0.05, 0) is 103 Å². The summed E-state index contributed by atoms with van der Waals surface area (Å²) in [6.07, 6.45) is 75.8. The van der Waals surface area contributed by atoms with Gasteiger partial charge in [-0.3, -0.25) is 14.4 Å². The molecule has 0 radical (unpaired) electrons. The number of esters is 3. The van der Waals surface area contributed by atoms with E-state index in [1.807, 2.05) is 0 Å². The molecule has 0 aliphatic rings. The molecule has 0 amide bonds. The van der Waals surface area contributed by atoms with Crippen molar-refractivity contribution in [2.24, 2.45) is 0 Å². The van der Waals surface area contributed by atoms with E-state index in [4.69, 9.17) is 14.2 Å². The summed E-state index contributed by atoms with van der Waals surface area (Å²) in [5.41, 5.74) is 0. The van der Waals surface area contributed by atoms with Crippen molar-refractivity contribution in [2.45, 2.75) is 271 Å². The molecule has 0 saturated heterocycles. The van der Waals surface area contributed by atoms with Crippen LogP contribution >= 0.6 is 0 Å². The Morgan fingerprint density at radius 1 is 0.304 bits per heavy atom. The number of hydrogen-bond donors (Lipinski definition) is 0. The van der Waals surface area contributed by atoms with Crippen molar-refractivity contribution in [3.8, 4) is 0 Å². The van der Waals surface area contributed by atoms with Crippen LogP contribution in [-0.2, 0) is 28.6 Å². The highest BCUT2D eigenvalue weighted by molar-refractivity contribution is 5.71. The maximum atomic E-state index is 12.8. The molecule has 0 heterocycles. The van der Waals surface area contributed by atoms with Crippen LogP contribution in [0.2, 0.25) is 0 Å². The third-order valence-corrected chi connectivity index (χ3v) is 12.1. The normalized spacial score (nSPS) is 12.8. The highest BCUT2D eigenvalue weighted by Gasteiger charge is 2.19. The van der Waals surface area contributed by atoms with E-state index in [9.17, 15) is 14.4 Å². The van der Waals surface area contributed by atoms with Crippen molar-refractivity contribution in [1.29, 1.82) is 0 Å². The van der Waals surface area contributed by atoms with Crippen molar-refractivity contribution in [2.75, 3.05) is 13.2 Å². The Balaban J connectivity index is 4.13. The van der Waals surface area contributed by atoms with E-state index >= 15 is 0 Å². The van der Waals surface area contributed by atoms with Crippen LogP contribution in [0.15, 0.2) is 97.2 Å². The van der Waals surface area contributed by atoms with Crippen LogP contribution in [0.3, 0.4) is 0 Å². The molecular weight excluding hydrogens is 853 g/mol. The SMILES string of the molecule is CC/C=C\C/C=C\C/C=C\C/C=C\C/C=C\C/C=C\CCCCCCCCCCC(=O)OCC(COC(=O)CCCCCCC)OC(=O)CCCCCCCCCCC/C=C\C/C=C\CCCCC. The van der Waals surface area contributed by atoms with Crippen molar-refractivity contribution >= 4 is 17.9 Å². The first-order valence-corrected chi connectivity index (χ1v) is 28.7. The molecule has 0 saturated carbocycles. The summed E-state index contributed by atoms with van der Waals surface area (Å²) in [5, 5.41) is 0. The number of allylic oxidation sites excluding steroid dienone is 16. The molecule has 0 aliphatic carbocycles. The largest absolute Gasteiger partial charge is 0.462 e. The zero-order chi connectivity index (χ0) is 50.0. The van der Waals surface area contributed by atoms with Gasteiger partial charge in [-0.1, -0.05) is 240 Å². The molecule has 394 valence electrons. The first-order chi connectivity index (χ1) is 34.0. The Kier molecular flexibility index (Phi) is 53.9. The Morgan fingerprint density at radius 2 is 0.565 bits per heavy atom. The molecule has 0 aromatic rings. The Labute approximate surface area is 426 Å². The average Bonchev–Trinajstić information content (AvgIpc) is 3.35. The average molecular weight is 960 g/mol. The summed E-state index contributed by atoms with van der Waals surface area (Å²) in [4.78, 5) is 37.8. The number of rotatable bonds is 51. The number of unbranched alkanes of at least 4 members (excludes halogenated alkanes) is 24. The summed E-state index contributed by atoms with van der Waals surface area (Å²) in [5.74, 6) is -0.907. The minimum absolute atomic E-state index is 0.0823. The smallest absolute Gasteiger partial charge is 0.306 e. The van der Waals surface area contributed by atoms with Crippen molar-refractivity contribution in [3.63, 3.8) is 0 Å². The zero-order valence-electron chi connectivity index (χ0n) is 45.0. The van der Waals surface area contributed by atoms with Crippen LogP contribution in [0, 0.1) is 0 Å². The predicted octanol–water partition coefficient (Wildman–Crippen LogP) is 19.3. The van der Waals surface area contributed by atoms with Crippen LogP contribution < -0.4 is 0 Å². The Hall–Kier alpha value is -3.67. The minimum Gasteiger partial charge on any atom is -0.462 e. The molecule has 1 unspecified atom stereocenters. The third-order valence-electron chi connectivity index (χ3n) is 12.1. The first-order valence-electron chi connectivity index (χ1n) is 28.7. The van der Waals surface area contributed by atoms with Crippen LogP contribution in [0.4, 0.5) is 0 Å². The fourth-order valence-electron chi connectivity index (χ4n) is 7.77. The number of hydrogen-bond acceptors (Lipinski definition) is 6. The molecule has 0 fully saturated rings. The second-order valence-corrected chi connectivity index (χ2v) is 18.8. The topological polar surface area (TPSA) is 78.9 Å². The summed E-state index contributed by atoms with van der Waals surface area (Å²) < 4.78 is 16.7. The highest BCUT2D eigenvalue weighted by atomic mass is 16.6. The minimum atomic E-state index is -0.780. The number of carbonyl (C=O) groups excluding carboxylic acids is 3. The van der Waals surface area contributed by atoms with Gasteiger partial charge in [0.2, 0.25) is 0 Å². The second-order valence-electron chi connectivity index (χ2n) is 18.8. The van der Waals surface area contributed by atoms with Gasteiger partial charge >= 0.3 is 17.9 Å². The lowest BCUT2D eigenvalue weighted by Gasteiger charge is -2.18. The molecule has 0 bridgehead atoms. The molecule has 0 aromatic carbocycles. The summed E-state index contributed by atoms with van der Waals surface area (Å²) in [7, 11) is 0. The van der Waals surface area contributed by atoms with E-state index in [1.165, 1.54) is 109 Å². The van der Waals surface area contributed by atoms with Crippen molar-refractivity contribution in [1.82, 2.24) is 0 Å². The number of ether oxygens (including phenoxy) is 3. The molecule has 6 heteroatoms. The van der Waals surface area contributed by atoms with Gasteiger partial charge in [-0.15, -0.1) is 0 Å². The van der Waals surface area contributed by atoms with Gasteiger partial charge < -0.3 is 14.2 Å². The van der Waals surface area contributed by atoms with Gasteiger partial charge in [0.25, 0.3) is 0 Å². The van der Waals surface area contributed by atoms with Crippen molar-refractivity contribution in [3.05, 3.63) is 97.2 Å². The van der Waals surface area contributed by atoms with Gasteiger partial charge in [-0.25, -0.2) is 0 Å². The van der Waals surface area contributed by atoms with Gasteiger partial charge in [0.1, 0.15) is 13.2 Å². The van der Waals surface area contributed by atoms with Crippen LogP contribution in [0.5, 0.6) is 0 Å². The molecule has 0 N–H and O–H groups in total. The number of carbonyl (C=O) groups is 3. The molecule has 0 aromatic heterocycles. The standard InChI is InChI=1S/C63H106O6/c1-4-7-10-13-15-17-19-21-23-25-27-28-29-30-31-32-33-34-36-37-39-41-43-45-47-50-53-56-62(65)68-59-60(58-67-61(64)55-52-49-12-9-6-3)69-63(66)57-54-51-48-46-44-42-40-38-35-26-24-22-20-18-16-14-11-8-5-2/h7,10,15-18,21-24,27-28,30-31,33-34,60H,4-6,8-9,11-14,19-20,25-26,29,32,35-59H2,1-3H3/b10-7-,17-15-,18-16-,23-21-,24-22-,28-27-,31-30-,34-33-. The van der Waals surface area contributed by atoms with Crippen molar-refractivity contribution < 1.29 is 28.6 Å². The highest BCUT2D eigenvalue weighted by Crippen LogP contribution is 2.15. The predicted molar refractivity (Wildman–Crippen MR) is 297 cm³/mol. The molecule has 69 heavy (non-hydrogen) atoms. The summed E-state index contributed by atoms with van der Waals surface area (Å²) in [6.45, 7) is 6.41. The lowest BCUT2D eigenvalue weighted by atomic mass is 10.1. The zero-order valence-corrected chi connectivity index (χ0v) is 45.0. The second kappa shape index (κ2) is 56.9. The molecule has 1 atom stereocenters. The van der Waals surface area contributed by atoms with Crippen LogP contribution in [0.1, 0.15) is 265 Å². The maximum absolute atomic E-state index is 12.8. The molecule has 0 rings (SSSR count). The van der Waals surface area contributed by atoms with Gasteiger partial charge in [0, 0.05) is 19.3 Å². The summed E-state index contributed by atoms with van der Waals surface area (Å²) >= 11 is 0. The quantitative estimate of drug-likeness (QED) is 0.0262. The Bertz CT molecular complexity index is 1380. The van der Waals surface area contributed by atoms with Crippen LogP contribution in [-0.4, -0.2) is 37.2 Å². The van der Waals surface area contributed by atoms with Gasteiger partial charge in [0.15, 0.2) is 6.10 Å². The van der Waals surface area contributed by atoms with E-state index in [1.54, 1.807) is 0 Å². The van der Waals surface area contributed by atoms with Crippen LogP contribution in [0.25, 0.3) is 0 Å². The van der Waals surface area contributed by atoms with E-state index in [-0.39, 0.29) is 31.1 Å². The van der Waals surface area contributed by atoms with E-state index < -0.39 is 6.10 Å². The fraction of sp³-hybridized carbons (Fsp3) is 0.698. The molecule has 0 spiro atoms. The lowest BCUT2D eigenvalue weighted by Crippen LogP contribution is -2.30. The lowest BCUT2D eigenvalue weighted by molar-refractivity contribution is -0.167. The Morgan fingerprint density at radius 3 is 0.913 bits per heavy atom. The van der Waals surface area contributed by atoms with E-state index in [0.717, 1.165) is 116 Å². The maximum Gasteiger partial charge on any atom is 0.306 e. The third kappa shape index (κ3) is 55.1. The monoisotopic (exact) mass is 959 g/mol. The fourth-order valence-corrected chi connectivity index (χ4v) is 7.77. The van der Waals surface area contributed by atoms with Gasteiger partial charge in [-0.2, -0.15) is 0 Å².